The van der Waals surface area contributed by atoms with Crippen molar-refractivity contribution in [1.82, 2.24) is 4.98 Å². The molecule has 8 heteroatoms. The maximum absolute atomic E-state index is 12.2. The second-order valence-electron chi connectivity index (χ2n) is 5.93. The van der Waals surface area contributed by atoms with Gasteiger partial charge in [0, 0.05) is 11.1 Å². The number of ether oxygens (including phenoxy) is 1. The molecule has 0 saturated carbocycles. The molecule has 144 valence electrons. The second kappa shape index (κ2) is 9.34. The van der Waals surface area contributed by atoms with Crippen molar-refractivity contribution in [2.45, 2.75) is 12.8 Å². The first-order valence-corrected chi connectivity index (χ1v) is 9.71. The fraction of sp³-hybridized carbons (Fsp3) is 0.150. The summed E-state index contributed by atoms with van der Waals surface area (Å²) in [6.45, 7) is 0. The van der Waals surface area contributed by atoms with Crippen molar-refractivity contribution in [3.63, 3.8) is 0 Å². The molecule has 1 aromatic heterocycles. The van der Waals surface area contributed by atoms with Gasteiger partial charge in [-0.2, -0.15) is 0 Å². The predicted octanol–water partition coefficient (Wildman–Crippen LogP) is 4.17. The molecule has 2 aromatic carbocycles. The van der Waals surface area contributed by atoms with Gasteiger partial charge in [-0.25, -0.2) is 4.98 Å². The SMILES string of the molecule is COc1ccc(NC(=O)Cc2csc(NC(=O)Cc3ccccc3)n2)cc1Cl. The van der Waals surface area contributed by atoms with E-state index in [9.17, 15) is 9.59 Å². The molecule has 0 saturated heterocycles. The van der Waals surface area contributed by atoms with E-state index in [1.807, 2.05) is 30.3 Å². The Balaban J connectivity index is 1.53. The van der Waals surface area contributed by atoms with E-state index in [4.69, 9.17) is 16.3 Å². The third-order valence-corrected chi connectivity index (χ3v) is 4.88. The smallest absolute Gasteiger partial charge is 0.230 e. The number of thiazole rings is 1. The van der Waals surface area contributed by atoms with Gasteiger partial charge in [-0.3, -0.25) is 9.59 Å². The summed E-state index contributed by atoms with van der Waals surface area (Å²) in [5, 5.41) is 8.15. The van der Waals surface area contributed by atoms with Crippen LogP contribution in [-0.2, 0) is 22.4 Å². The van der Waals surface area contributed by atoms with Gasteiger partial charge in [0.1, 0.15) is 5.75 Å². The molecular weight excluding hydrogens is 398 g/mol. The summed E-state index contributed by atoms with van der Waals surface area (Å²) in [5.41, 5.74) is 2.08. The summed E-state index contributed by atoms with van der Waals surface area (Å²) >= 11 is 7.34. The maximum atomic E-state index is 12.2. The number of amides is 2. The number of anilines is 2. The molecule has 0 atom stereocenters. The largest absolute Gasteiger partial charge is 0.495 e. The standard InChI is InChI=1S/C20H18ClN3O3S/c1-27-17-8-7-14(10-16(17)21)22-19(26)11-15-12-28-20(23-15)24-18(25)9-13-5-3-2-4-6-13/h2-8,10,12H,9,11H2,1H3,(H,22,26)(H,23,24,25). The van der Waals surface area contributed by atoms with Crippen molar-refractivity contribution in [2.75, 3.05) is 17.7 Å². The molecule has 2 N–H and O–H groups in total. The molecule has 0 spiro atoms. The highest BCUT2D eigenvalue weighted by molar-refractivity contribution is 7.13. The van der Waals surface area contributed by atoms with Crippen LogP contribution >= 0.6 is 22.9 Å². The zero-order chi connectivity index (χ0) is 19.9. The normalized spacial score (nSPS) is 10.4. The first-order valence-electron chi connectivity index (χ1n) is 8.45. The Morgan fingerprint density at radius 3 is 2.54 bits per heavy atom. The Kier molecular flexibility index (Phi) is 6.62. The molecule has 28 heavy (non-hydrogen) atoms. The van der Waals surface area contributed by atoms with Gasteiger partial charge in [0.2, 0.25) is 11.8 Å². The zero-order valence-electron chi connectivity index (χ0n) is 15.1. The number of carbonyl (C=O) groups is 2. The fourth-order valence-corrected chi connectivity index (χ4v) is 3.49. The summed E-state index contributed by atoms with van der Waals surface area (Å²) in [5.74, 6) is 0.160. The van der Waals surface area contributed by atoms with E-state index >= 15 is 0 Å². The van der Waals surface area contributed by atoms with Crippen LogP contribution in [0.2, 0.25) is 5.02 Å². The lowest BCUT2D eigenvalue weighted by Gasteiger charge is -2.07. The molecule has 2 amide bonds. The van der Waals surface area contributed by atoms with Crippen LogP contribution in [0.4, 0.5) is 10.8 Å². The topological polar surface area (TPSA) is 80.3 Å². The third kappa shape index (κ3) is 5.55. The summed E-state index contributed by atoms with van der Waals surface area (Å²) in [6.07, 6.45) is 0.364. The van der Waals surface area contributed by atoms with E-state index < -0.39 is 0 Å². The quantitative estimate of drug-likeness (QED) is 0.607. The highest BCUT2D eigenvalue weighted by Crippen LogP contribution is 2.27. The molecule has 3 aromatic rings. The van der Waals surface area contributed by atoms with E-state index in [0.717, 1.165) is 5.56 Å². The van der Waals surface area contributed by atoms with Crippen molar-refractivity contribution >= 4 is 45.6 Å². The molecule has 1 heterocycles. The summed E-state index contributed by atoms with van der Waals surface area (Å²) in [4.78, 5) is 28.6. The minimum absolute atomic E-state index is 0.0920. The van der Waals surface area contributed by atoms with Crippen LogP contribution in [0.5, 0.6) is 5.75 Å². The number of nitrogens with one attached hydrogen (secondary N) is 2. The lowest BCUT2D eigenvalue weighted by molar-refractivity contribution is -0.116. The van der Waals surface area contributed by atoms with Crippen LogP contribution in [0.25, 0.3) is 0 Å². The highest BCUT2D eigenvalue weighted by atomic mass is 35.5. The number of nitrogens with zero attached hydrogens (tertiary/aromatic N) is 1. The average molecular weight is 416 g/mol. The van der Waals surface area contributed by atoms with Crippen molar-refractivity contribution in [2.24, 2.45) is 0 Å². The molecule has 6 nitrogen and oxygen atoms in total. The van der Waals surface area contributed by atoms with Gasteiger partial charge in [-0.05, 0) is 23.8 Å². The van der Waals surface area contributed by atoms with Gasteiger partial charge in [0.25, 0.3) is 0 Å². The number of carbonyl (C=O) groups excluding carboxylic acids is 2. The number of benzene rings is 2. The van der Waals surface area contributed by atoms with Crippen LogP contribution in [0, 0.1) is 0 Å². The molecule has 0 aliphatic rings. The molecule has 3 rings (SSSR count). The van der Waals surface area contributed by atoms with Crippen LogP contribution in [-0.4, -0.2) is 23.9 Å². The summed E-state index contributed by atoms with van der Waals surface area (Å²) < 4.78 is 5.08. The summed E-state index contributed by atoms with van der Waals surface area (Å²) in [6, 6.07) is 14.5. The molecule has 0 radical (unpaired) electrons. The van der Waals surface area contributed by atoms with Crippen molar-refractivity contribution in [3.8, 4) is 5.75 Å². The molecular formula is C20H18ClN3O3S. The fourth-order valence-electron chi connectivity index (χ4n) is 2.50. The van der Waals surface area contributed by atoms with Crippen molar-refractivity contribution < 1.29 is 14.3 Å². The number of halogens is 1. The Morgan fingerprint density at radius 2 is 1.82 bits per heavy atom. The third-order valence-electron chi connectivity index (χ3n) is 3.78. The van der Waals surface area contributed by atoms with Crippen LogP contribution in [0.1, 0.15) is 11.3 Å². The monoisotopic (exact) mass is 415 g/mol. The maximum Gasteiger partial charge on any atom is 0.230 e. The van der Waals surface area contributed by atoms with Crippen LogP contribution in [0.15, 0.2) is 53.9 Å². The van der Waals surface area contributed by atoms with Gasteiger partial charge in [0.15, 0.2) is 5.13 Å². The van der Waals surface area contributed by atoms with Gasteiger partial charge >= 0.3 is 0 Å². The minimum atomic E-state index is -0.228. The number of methoxy groups -OCH3 is 1. The average Bonchev–Trinajstić information content (AvgIpc) is 3.09. The number of hydrogen-bond donors (Lipinski definition) is 2. The second-order valence-corrected chi connectivity index (χ2v) is 7.19. The Hall–Kier alpha value is -2.90. The number of hydrogen-bond acceptors (Lipinski definition) is 5. The van der Waals surface area contributed by atoms with E-state index in [2.05, 4.69) is 15.6 Å². The highest BCUT2D eigenvalue weighted by Gasteiger charge is 2.11. The van der Waals surface area contributed by atoms with E-state index in [1.165, 1.54) is 18.4 Å². The van der Waals surface area contributed by atoms with Crippen molar-refractivity contribution in [1.29, 1.82) is 0 Å². The lowest BCUT2D eigenvalue weighted by atomic mass is 10.1. The van der Waals surface area contributed by atoms with E-state index in [1.54, 1.807) is 23.6 Å². The zero-order valence-corrected chi connectivity index (χ0v) is 16.6. The van der Waals surface area contributed by atoms with E-state index in [0.29, 0.717) is 27.3 Å². The van der Waals surface area contributed by atoms with Gasteiger partial charge in [0.05, 0.1) is 30.7 Å². The first-order chi connectivity index (χ1) is 13.5. The molecule has 0 fully saturated rings. The van der Waals surface area contributed by atoms with Crippen LogP contribution < -0.4 is 15.4 Å². The number of rotatable bonds is 7. The Bertz CT molecular complexity index is 976. The predicted molar refractivity (Wildman–Crippen MR) is 111 cm³/mol. The molecule has 0 aliphatic carbocycles. The van der Waals surface area contributed by atoms with Gasteiger partial charge < -0.3 is 15.4 Å². The molecule has 0 aliphatic heterocycles. The number of aromatic nitrogens is 1. The van der Waals surface area contributed by atoms with E-state index in [-0.39, 0.29) is 24.7 Å². The van der Waals surface area contributed by atoms with Gasteiger partial charge in [-0.15, -0.1) is 11.3 Å². The minimum Gasteiger partial charge on any atom is -0.495 e. The molecule has 0 bridgehead atoms. The Labute approximate surface area is 171 Å². The molecule has 0 unspecified atom stereocenters. The van der Waals surface area contributed by atoms with Crippen LogP contribution in [0.3, 0.4) is 0 Å². The summed E-state index contributed by atoms with van der Waals surface area (Å²) in [7, 11) is 1.53. The van der Waals surface area contributed by atoms with Gasteiger partial charge in [-0.1, -0.05) is 41.9 Å². The first kappa shape index (κ1) is 19.9. The Morgan fingerprint density at radius 1 is 1.07 bits per heavy atom. The lowest BCUT2D eigenvalue weighted by Crippen LogP contribution is -2.16. The van der Waals surface area contributed by atoms with Crippen molar-refractivity contribution in [3.05, 3.63) is 70.2 Å².